The highest BCUT2D eigenvalue weighted by molar-refractivity contribution is 7.93. The van der Waals surface area contributed by atoms with Crippen molar-refractivity contribution in [2.45, 2.75) is 11.4 Å². The Morgan fingerprint density at radius 1 is 1.22 bits per heavy atom. The second-order valence-electron chi connectivity index (χ2n) is 3.52. The van der Waals surface area contributed by atoms with Crippen LogP contribution in [0.15, 0.2) is 40.6 Å². The van der Waals surface area contributed by atoms with Crippen molar-refractivity contribution in [1.29, 1.82) is 0 Å². The third-order valence-corrected chi connectivity index (χ3v) is 5.07. The van der Waals surface area contributed by atoms with Gasteiger partial charge in [-0.05, 0) is 35.7 Å². The van der Waals surface area contributed by atoms with Crippen LogP contribution in [0.5, 0.6) is 0 Å². The Kier molecular flexibility index (Phi) is 3.91. The Labute approximate surface area is 114 Å². The zero-order chi connectivity index (χ0) is 13.2. The molecule has 1 aromatic carbocycles. The molecule has 7 heteroatoms. The first-order valence-corrected chi connectivity index (χ1v) is 7.82. The molecule has 0 radical (unpaired) electrons. The van der Waals surface area contributed by atoms with Crippen LogP contribution in [0.4, 0.5) is 5.69 Å². The molecule has 0 aliphatic rings. The summed E-state index contributed by atoms with van der Waals surface area (Å²) in [4.78, 5) is 0.862. The van der Waals surface area contributed by atoms with Crippen LogP contribution in [0.2, 0.25) is 5.02 Å². The minimum atomic E-state index is -3.59. The van der Waals surface area contributed by atoms with E-state index < -0.39 is 10.0 Å². The maximum atomic E-state index is 12.1. The maximum absolute atomic E-state index is 12.1. The van der Waals surface area contributed by atoms with Gasteiger partial charge in [0.1, 0.15) is 4.90 Å². The summed E-state index contributed by atoms with van der Waals surface area (Å²) in [7, 11) is -3.59. The molecule has 4 nitrogen and oxygen atoms in total. The minimum absolute atomic E-state index is 0.203. The monoisotopic (exact) mass is 302 g/mol. The van der Waals surface area contributed by atoms with Crippen LogP contribution in [-0.2, 0) is 16.6 Å². The van der Waals surface area contributed by atoms with Gasteiger partial charge in [0, 0.05) is 22.1 Å². The first-order valence-electron chi connectivity index (χ1n) is 5.08. The summed E-state index contributed by atoms with van der Waals surface area (Å²) in [5, 5.41) is 2.26. The standard InChI is InChI=1S/C11H11ClN2O2S2/c12-8-1-3-9(4-2-8)14-18(15,16)11-5-6-17-10(11)7-13/h1-6,14H,7,13H2. The molecular weight excluding hydrogens is 292 g/mol. The summed E-state index contributed by atoms with van der Waals surface area (Å²) >= 11 is 7.06. The van der Waals surface area contributed by atoms with Crippen molar-refractivity contribution < 1.29 is 8.42 Å². The molecular formula is C11H11ClN2O2S2. The molecule has 0 saturated carbocycles. The van der Waals surface area contributed by atoms with Gasteiger partial charge in [-0.1, -0.05) is 11.6 Å². The predicted octanol–water partition coefficient (Wildman–Crippen LogP) is 2.66. The Morgan fingerprint density at radius 3 is 2.50 bits per heavy atom. The minimum Gasteiger partial charge on any atom is -0.326 e. The number of anilines is 1. The summed E-state index contributed by atoms with van der Waals surface area (Å²) < 4.78 is 26.8. The van der Waals surface area contributed by atoms with Crippen LogP contribution >= 0.6 is 22.9 Å². The molecule has 3 N–H and O–H groups in total. The number of hydrogen-bond acceptors (Lipinski definition) is 4. The van der Waals surface area contributed by atoms with Crippen LogP contribution in [0, 0.1) is 0 Å². The van der Waals surface area contributed by atoms with Gasteiger partial charge in [-0.2, -0.15) is 0 Å². The van der Waals surface area contributed by atoms with Crippen LogP contribution < -0.4 is 10.5 Å². The van der Waals surface area contributed by atoms with Crippen LogP contribution in [-0.4, -0.2) is 8.42 Å². The van der Waals surface area contributed by atoms with Crippen LogP contribution in [0.1, 0.15) is 4.88 Å². The van der Waals surface area contributed by atoms with Gasteiger partial charge >= 0.3 is 0 Å². The SMILES string of the molecule is NCc1sccc1S(=O)(=O)Nc1ccc(Cl)cc1. The molecule has 2 rings (SSSR count). The van der Waals surface area contributed by atoms with E-state index in [4.69, 9.17) is 17.3 Å². The molecule has 2 aromatic rings. The van der Waals surface area contributed by atoms with E-state index in [1.165, 1.54) is 11.3 Å². The van der Waals surface area contributed by atoms with E-state index in [2.05, 4.69) is 4.72 Å². The van der Waals surface area contributed by atoms with E-state index in [0.29, 0.717) is 15.6 Å². The second kappa shape index (κ2) is 5.27. The molecule has 0 atom stereocenters. The fraction of sp³-hybridized carbons (Fsp3) is 0.0909. The molecule has 0 spiro atoms. The average Bonchev–Trinajstić information content (AvgIpc) is 2.81. The molecule has 18 heavy (non-hydrogen) atoms. The van der Waals surface area contributed by atoms with Gasteiger partial charge in [0.15, 0.2) is 0 Å². The van der Waals surface area contributed by atoms with Crippen LogP contribution in [0.25, 0.3) is 0 Å². The number of halogens is 1. The zero-order valence-electron chi connectivity index (χ0n) is 9.26. The molecule has 1 aromatic heterocycles. The van der Waals surface area contributed by atoms with E-state index in [-0.39, 0.29) is 11.4 Å². The predicted molar refractivity (Wildman–Crippen MR) is 74.5 cm³/mol. The zero-order valence-corrected chi connectivity index (χ0v) is 11.6. The number of rotatable bonds is 4. The topological polar surface area (TPSA) is 72.2 Å². The lowest BCUT2D eigenvalue weighted by atomic mass is 10.3. The molecule has 0 unspecified atom stereocenters. The fourth-order valence-electron chi connectivity index (χ4n) is 1.45. The van der Waals surface area contributed by atoms with Crippen molar-refractivity contribution in [1.82, 2.24) is 0 Å². The van der Waals surface area contributed by atoms with Gasteiger partial charge in [0.25, 0.3) is 10.0 Å². The normalized spacial score (nSPS) is 11.4. The third kappa shape index (κ3) is 2.84. The van der Waals surface area contributed by atoms with Gasteiger partial charge in [-0.15, -0.1) is 11.3 Å². The third-order valence-electron chi connectivity index (χ3n) is 2.28. The highest BCUT2D eigenvalue weighted by atomic mass is 35.5. The largest absolute Gasteiger partial charge is 0.326 e. The Balaban J connectivity index is 2.30. The quantitative estimate of drug-likeness (QED) is 0.912. The van der Waals surface area contributed by atoms with E-state index in [9.17, 15) is 8.42 Å². The van der Waals surface area contributed by atoms with Crippen molar-refractivity contribution in [3.8, 4) is 0 Å². The van der Waals surface area contributed by atoms with E-state index in [0.717, 1.165) is 0 Å². The van der Waals surface area contributed by atoms with E-state index >= 15 is 0 Å². The fourth-order valence-corrected chi connectivity index (χ4v) is 3.97. The molecule has 0 aliphatic carbocycles. The summed E-state index contributed by atoms with van der Waals surface area (Å²) in [5.41, 5.74) is 5.97. The first-order chi connectivity index (χ1) is 8.53. The molecule has 0 aliphatic heterocycles. The summed E-state index contributed by atoms with van der Waals surface area (Å²) in [6.07, 6.45) is 0. The highest BCUT2D eigenvalue weighted by Gasteiger charge is 2.18. The number of nitrogens with two attached hydrogens (primary N) is 1. The molecule has 0 saturated heterocycles. The summed E-state index contributed by atoms with van der Waals surface area (Å²) in [6, 6.07) is 8.00. The number of hydrogen-bond donors (Lipinski definition) is 2. The van der Waals surface area contributed by atoms with Crippen molar-refractivity contribution >= 4 is 38.6 Å². The molecule has 0 fully saturated rings. The van der Waals surface area contributed by atoms with E-state index in [1.807, 2.05) is 0 Å². The lowest BCUT2D eigenvalue weighted by molar-refractivity contribution is 0.600. The second-order valence-corrected chi connectivity index (χ2v) is 6.61. The van der Waals surface area contributed by atoms with Crippen molar-refractivity contribution in [2.75, 3.05) is 4.72 Å². The highest BCUT2D eigenvalue weighted by Crippen LogP contribution is 2.24. The number of sulfonamides is 1. The van der Waals surface area contributed by atoms with Crippen molar-refractivity contribution in [3.63, 3.8) is 0 Å². The van der Waals surface area contributed by atoms with Gasteiger partial charge in [-0.25, -0.2) is 8.42 Å². The van der Waals surface area contributed by atoms with Gasteiger partial charge in [-0.3, -0.25) is 4.72 Å². The van der Waals surface area contributed by atoms with Gasteiger partial charge < -0.3 is 5.73 Å². The Hall–Kier alpha value is -1.08. The lowest BCUT2D eigenvalue weighted by Crippen LogP contribution is -2.14. The maximum Gasteiger partial charge on any atom is 0.263 e. The number of nitrogens with one attached hydrogen (secondary N) is 1. The smallest absolute Gasteiger partial charge is 0.263 e. The lowest BCUT2D eigenvalue weighted by Gasteiger charge is -2.08. The molecule has 96 valence electrons. The van der Waals surface area contributed by atoms with Crippen molar-refractivity contribution in [2.24, 2.45) is 5.73 Å². The average molecular weight is 303 g/mol. The Bertz CT molecular complexity index is 635. The summed E-state index contributed by atoms with van der Waals surface area (Å²) in [5.74, 6) is 0. The number of thiophene rings is 1. The molecule has 0 bridgehead atoms. The van der Waals surface area contributed by atoms with Crippen molar-refractivity contribution in [3.05, 3.63) is 45.6 Å². The Morgan fingerprint density at radius 2 is 1.89 bits per heavy atom. The molecule has 0 amide bonds. The van der Waals surface area contributed by atoms with Gasteiger partial charge in [0.05, 0.1) is 0 Å². The van der Waals surface area contributed by atoms with E-state index in [1.54, 1.807) is 35.7 Å². The van der Waals surface area contributed by atoms with Gasteiger partial charge in [0.2, 0.25) is 0 Å². The van der Waals surface area contributed by atoms with Crippen LogP contribution in [0.3, 0.4) is 0 Å². The summed E-state index contributed by atoms with van der Waals surface area (Å²) in [6.45, 7) is 0.203. The molecule has 1 heterocycles. The number of benzene rings is 1. The first kappa shape index (κ1) is 13.4.